The van der Waals surface area contributed by atoms with Crippen LogP contribution in [0.15, 0.2) is 23.1 Å². The highest BCUT2D eigenvalue weighted by Crippen LogP contribution is 2.20. The lowest BCUT2D eigenvalue weighted by atomic mass is 10.0. The molecule has 0 aliphatic carbocycles. The molecule has 21 heavy (non-hydrogen) atoms. The van der Waals surface area contributed by atoms with Gasteiger partial charge in [0.25, 0.3) is 5.69 Å². The zero-order valence-corrected chi connectivity index (χ0v) is 12.0. The first-order valence-corrected chi connectivity index (χ1v) is 8.03. The van der Waals surface area contributed by atoms with Crippen molar-refractivity contribution in [3.8, 4) is 0 Å². The Hall–Kier alpha value is -1.58. The van der Waals surface area contributed by atoms with E-state index >= 15 is 0 Å². The number of hydrogen-bond acceptors (Lipinski definition) is 5. The van der Waals surface area contributed by atoms with Crippen LogP contribution in [0.1, 0.15) is 12.8 Å². The number of nitro groups is 1. The number of piperidine rings is 1. The van der Waals surface area contributed by atoms with E-state index in [4.69, 9.17) is 0 Å². The van der Waals surface area contributed by atoms with Crippen LogP contribution in [0.2, 0.25) is 0 Å². The second-order valence-corrected chi connectivity index (χ2v) is 6.67. The van der Waals surface area contributed by atoms with Gasteiger partial charge in [0.15, 0.2) is 0 Å². The first-order chi connectivity index (χ1) is 9.90. The van der Waals surface area contributed by atoms with Gasteiger partial charge in [0, 0.05) is 12.6 Å². The van der Waals surface area contributed by atoms with Crippen LogP contribution in [0.3, 0.4) is 0 Å². The first kappa shape index (κ1) is 15.8. The van der Waals surface area contributed by atoms with Crippen LogP contribution in [0, 0.1) is 21.8 Å². The predicted octanol–water partition coefficient (Wildman–Crippen LogP) is 1.01. The second kappa shape index (κ2) is 6.46. The van der Waals surface area contributed by atoms with Crippen molar-refractivity contribution < 1.29 is 17.7 Å². The molecule has 1 aliphatic heterocycles. The van der Waals surface area contributed by atoms with E-state index in [2.05, 4.69) is 10.0 Å². The molecule has 2 N–H and O–H groups in total. The molecule has 9 heteroatoms. The van der Waals surface area contributed by atoms with Crippen molar-refractivity contribution in [3.05, 3.63) is 34.1 Å². The highest BCUT2D eigenvalue weighted by Gasteiger charge is 2.23. The van der Waals surface area contributed by atoms with Gasteiger partial charge < -0.3 is 5.32 Å². The summed E-state index contributed by atoms with van der Waals surface area (Å²) in [4.78, 5) is 9.16. The molecule has 116 valence electrons. The molecule has 1 heterocycles. The molecule has 7 nitrogen and oxygen atoms in total. The fourth-order valence-electron chi connectivity index (χ4n) is 2.22. The molecule has 2 rings (SSSR count). The molecule has 0 radical (unpaired) electrons. The van der Waals surface area contributed by atoms with Gasteiger partial charge in [-0.05, 0) is 37.9 Å². The van der Waals surface area contributed by atoms with Crippen LogP contribution in [0.4, 0.5) is 10.1 Å². The maximum absolute atomic E-state index is 13.7. The molecule has 0 saturated carbocycles. The van der Waals surface area contributed by atoms with Crippen LogP contribution in [0.5, 0.6) is 0 Å². The van der Waals surface area contributed by atoms with Gasteiger partial charge in [-0.25, -0.2) is 17.5 Å². The lowest BCUT2D eigenvalue weighted by Crippen LogP contribution is -2.38. The van der Waals surface area contributed by atoms with Gasteiger partial charge in [-0.15, -0.1) is 0 Å². The minimum atomic E-state index is -4.01. The van der Waals surface area contributed by atoms with Crippen molar-refractivity contribution in [2.45, 2.75) is 17.7 Å². The number of sulfonamides is 1. The summed E-state index contributed by atoms with van der Waals surface area (Å²) in [6.07, 6.45) is 1.87. The minimum absolute atomic E-state index is 0.162. The maximum atomic E-state index is 13.7. The smallest absolute Gasteiger partial charge is 0.272 e. The monoisotopic (exact) mass is 317 g/mol. The van der Waals surface area contributed by atoms with Crippen molar-refractivity contribution in [2.24, 2.45) is 5.92 Å². The second-order valence-electron chi connectivity index (χ2n) is 4.94. The van der Waals surface area contributed by atoms with E-state index < -0.39 is 31.3 Å². The van der Waals surface area contributed by atoms with Crippen molar-refractivity contribution in [3.63, 3.8) is 0 Å². The van der Waals surface area contributed by atoms with Crippen molar-refractivity contribution in [1.29, 1.82) is 0 Å². The summed E-state index contributed by atoms with van der Waals surface area (Å²) < 4.78 is 40.2. The molecule has 1 aromatic carbocycles. The maximum Gasteiger partial charge on any atom is 0.272 e. The Morgan fingerprint density at radius 2 is 2.24 bits per heavy atom. The number of non-ortho nitro benzene ring substituents is 1. The molecule has 0 spiro atoms. The van der Waals surface area contributed by atoms with Gasteiger partial charge in [-0.1, -0.05) is 0 Å². The average molecular weight is 317 g/mol. The van der Waals surface area contributed by atoms with Crippen molar-refractivity contribution >= 4 is 15.7 Å². The van der Waals surface area contributed by atoms with Crippen LogP contribution in [-0.4, -0.2) is 33.0 Å². The quantitative estimate of drug-likeness (QED) is 0.623. The lowest BCUT2D eigenvalue weighted by molar-refractivity contribution is -0.385. The fourth-order valence-corrected chi connectivity index (χ4v) is 3.40. The van der Waals surface area contributed by atoms with E-state index in [0.717, 1.165) is 31.5 Å². The molecule has 1 aromatic rings. The standard InChI is InChI=1S/C12H16FN3O4S/c13-11-6-10(16(17)18)3-4-12(11)21(19,20)15-8-9-2-1-5-14-7-9/h3-4,6,9,14-15H,1-2,5,7-8H2. The number of rotatable bonds is 5. The normalized spacial score (nSPS) is 19.4. The third kappa shape index (κ3) is 3.96. The zero-order chi connectivity index (χ0) is 15.5. The molecule has 0 bridgehead atoms. The summed E-state index contributed by atoms with van der Waals surface area (Å²) >= 11 is 0. The first-order valence-electron chi connectivity index (χ1n) is 6.54. The van der Waals surface area contributed by atoms with E-state index in [1.54, 1.807) is 0 Å². The van der Waals surface area contributed by atoms with E-state index in [9.17, 15) is 22.9 Å². The number of nitro benzene ring substituents is 1. The molecule has 0 amide bonds. The Morgan fingerprint density at radius 3 is 2.81 bits per heavy atom. The van der Waals surface area contributed by atoms with E-state index in [-0.39, 0.29) is 12.5 Å². The zero-order valence-electron chi connectivity index (χ0n) is 11.2. The van der Waals surface area contributed by atoms with Gasteiger partial charge in [0.1, 0.15) is 10.7 Å². The van der Waals surface area contributed by atoms with Crippen LogP contribution in [0.25, 0.3) is 0 Å². The highest BCUT2D eigenvalue weighted by molar-refractivity contribution is 7.89. The average Bonchev–Trinajstić information content (AvgIpc) is 2.46. The molecule has 1 saturated heterocycles. The third-order valence-electron chi connectivity index (χ3n) is 3.38. The summed E-state index contributed by atoms with van der Waals surface area (Å²) in [5.41, 5.74) is -0.483. The molecule has 1 atom stereocenters. The molecular weight excluding hydrogens is 301 g/mol. The summed E-state index contributed by atoms with van der Waals surface area (Å²) in [5, 5.41) is 13.7. The topological polar surface area (TPSA) is 101 Å². The van der Waals surface area contributed by atoms with Gasteiger partial charge in [-0.2, -0.15) is 0 Å². The molecule has 0 aromatic heterocycles. The Kier molecular flexibility index (Phi) is 4.86. The predicted molar refractivity (Wildman–Crippen MR) is 73.8 cm³/mol. The summed E-state index contributed by atoms with van der Waals surface area (Å²) in [5.74, 6) is -0.965. The Labute approximate surface area is 121 Å². The summed E-state index contributed by atoms with van der Waals surface area (Å²) in [7, 11) is -4.01. The summed E-state index contributed by atoms with van der Waals surface area (Å²) in [6.45, 7) is 1.84. The Bertz CT molecular complexity index is 629. The number of nitrogens with zero attached hydrogens (tertiary/aromatic N) is 1. The van der Waals surface area contributed by atoms with Crippen LogP contribution >= 0.6 is 0 Å². The van der Waals surface area contributed by atoms with Crippen LogP contribution in [-0.2, 0) is 10.0 Å². The molecule has 1 fully saturated rings. The fraction of sp³-hybridized carbons (Fsp3) is 0.500. The van der Waals surface area contributed by atoms with E-state index in [1.165, 1.54) is 0 Å². The highest BCUT2D eigenvalue weighted by atomic mass is 32.2. The largest absolute Gasteiger partial charge is 0.316 e. The third-order valence-corrected chi connectivity index (χ3v) is 4.83. The number of nitrogens with one attached hydrogen (secondary N) is 2. The van der Waals surface area contributed by atoms with E-state index in [1.807, 2.05) is 0 Å². The van der Waals surface area contributed by atoms with E-state index in [0.29, 0.717) is 12.6 Å². The summed E-state index contributed by atoms with van der Waals surface area (Å²) in [6, 6.07) is 2.49. The minimum Gasteiger partial charge on any atom is -0.316 e. The number of benzene rings is 1. The Morgan fingerprint density at radius 1 is 1.48 bits per heavy atom. The molecule has 1 aliphatic rings. The van der Waals surface area contributed by atoms with Gasteiger partial charge >= 0.3 is 0 Å². The van der Waals surface area contributed by atoms with Crippen molar-refractivity contribution in [2.75, 3.05) is 19.6 Å². The molecule has 1 unspecified atom stereocenters. The number of halogens is 1. The van der Waals surface area contributed by atoms with Crippen molar-refractivity contribution in [1.82, 2.24) is 10.0 Å². The van der Waals surface area contributed by atoms with Crippen LogP contribution < -0.4 is 10.0 Å². The van der Waals surface area contributed by atoms with Gasteiger partial charge in [0.05, 0.1) is 11.0 Å². The molecular formula is C12H16FN3O4S. The van der Waals surface area contributed by atoms with Gasteiger partial charge in [0.2, 0.25) is 10.0 Å². The SMILES string of the molecule is O=[N+]([O-])c1ccc(S(=O)(=O)NCC2CCCNC2)c(F)c1. The lowest BCUT2D eigenvalue weighted by Gasteiger charge is -2.22. The Balaban J connectivity index is 2.10. The number of hydrogen-bond donors (Lipinski definition) is 2. The van der Waals surface area contributed by atoms with Gasteiger partial charge in [-0.3, -0.25) is 10.1 Å².